The molecule has 0 aliphatic rings. The highest BCUT2D eigenvalue weighted by Crippen LogP contribution is 2.15. The van der Waals surface area contributed by atoms with Gasteiger partial charge in [0.2, 0.25) is 5.76 Å². The van der Waals surface area contributed by atoms with Crippen LogP contribution in [0.1, 0.15) is 36.0 Å². The maximum absolute atomic E-state index is 11.8. The van der Waals surface area contributed by atoms with Crippen molar-refractivity contribution in [2.45, 2.75) is 27.7 Å². The van der Waals surface area contributed by atoms with E-state index in [1.165, 1.54) is 0 Å². The summed E-state index contributed by atoms with van der Waals surface area (Å²) >= 11 is 4.92. The van der Waals surface area contributed by atoms with Crippen LogP contribution in [0.2, 0.25) is 0 Å². The summed E-state index contributed by atoms with van der Waals surface area (Å²) in [6, 6.07) is 0. The molecule has 1 aromatic rings. The molecule has 5 nitrogen and oxygen atoms in total. The van der Waals surface area contributed by atoms with Crippen molar-refractivity contribution in [3.8, 4) is 0 Å². The molecule has 1 amide bonds. The number of aryl methyl sites for hydroxylation is 2. The van der Waals surface area contributed by atoms with Crippen molar-refractivity contribution in [1.29, 1.82) is 0 Å². The van der Waals surface area contributed by atoms with Crippen LogP contribution in [-0.4, -0.2) is 22.4 Å². The summed E-state index contributed by atoms with van der Waals surface area (Å²) in [5, 5.41) is 2.73. The molecule has 0 atom stereocenters. The van der Waals surface area contributed by atoms with E-state index in [0.29, 0.717) is 23.1 Å². The predicted molar refractivity (Wildman–Crippen MR) is 68.9 cm³/mol. The van der Waals surface area contributed by atoms with Gasteiger partial charge in [-0.2, -0.15) is 0 Å². The zero-order valence-corrected chi connectivity index (χ0v) is 11.3. The fraction of sp³-hybridized carbons (Fsp3) is 0.545. The van der Waals surface area contributed by atoms with Crippen molar-refractivity contribution in [2.75, 3.05) is 6.54 Å². The van der Waals surface area contributed by atoms with Gasteiger partial charge in [0.1, 0.15) is 0 Å². The molecule has 0 fully saturated rings. The number of nitrogens with zero attached hydrogens (tertiary/aromatic N) is 1. The average Bonchev–Trinajstić information content (AvgIpc) is 2.54. The minimum Gasteiger partial charge on any atom is -0.436 e. The Kier molecular flexibility index (Phi) is 3.87. The lowest BCUT2D eigenvalue weighted by atomic mass is 9.93. The van der Waals surface area contributed by atoms with E-state index in [9.17, 15) is 4.79 Å². The average molecular weight is 255 g/mol. The first kappa shape index (κ1) is 13.6. The van der Waals surface area contributed by atoms with Gasteiger partial charge in [-0.3, -0.25) is 4.79 Å². The van der Waals surface area contributed by atoms with Gasteiger partial charge < -0.3 is 15.5 Å². The number of rotatable bonds is 4. The quantitative estimate of drug-likeness (QED) is 0.793. The molecule has 0 unspecified atom stereocenters. The summed E-state index contributed by atoms with van der Waals surface area (Å²) < 4.78 is 5.21. The number of oxazole rings is 1. The third-order valence-electron chi connectivity index (χ3n) is 2.47. The molecule has 0 aromatic carbocycles. The van der Waals surface area contributed by atoms with Gasteiger partial charge in [-0.1, -0.05) is 26.1 Å². The molecule has 0 saturated heterocycles. The first-order valence-electron chi connectivity index (χ1n) is 5.26. The van der Waals surface area contributed by atoms with Crippen LogP contribution in [0.4, 0.5) is 0 Å². The van der Waals surface area contributed by atoms with Gasteiger partial charge in [-0.05, 0) is 6.92 Å². The lowest BCUT2D eigenvalue weighted by molar-refractivity contribution is 0.0915. The van der Waals surface area contributed by atoms with Crippen molar-refractivity contribution in [3.05, 3.63) is 17.3 Å². The molecule has 0 saturated carbocycles. The van der Waals surface area contributed by atoms with Gasteiger partial charge in [0.05, 0.1) is 10.7 Å². The Hall–Kier alpha value is -1.43. The van der Waals surface area contributed by atoms with Crippen LogP contribution in [0.3, 0.4) is 0 Å². The summed E-state index contributed by atoms with van der Waals surface area (Å²) in [6.45, 7) is 7.52. The van der Waals surface area contributed by atoms with Crippen LogP contribution in [0.25, 0.3) is 0 Å². The molecule has 0 spiro atoms. The van der Waals surface area contributed by atoms with Crippen molar-refractivity contribution in [2.24, 2.45) is 11.1 Å². The largest absolute Gasteiger partial charge is 0.436 e. The van der Waals surface area contributed by atoms with E-state index in [4.69, 9.17) is 22.4 Å². The fourth-order valence-corrected chi connectivity index (χ4v) is 1.28. The molecule has 94 valence electrons. The van der Waals surface area contributed by atoms with E-state index in [0.717, 1.165) is 0 Å². The zero-order chi connectivity index (χ0) is 13.2. The number of amides is 1. The molecular weight excluding hydrogens is 238 g/mol. The Morgan fingerprint density at radius 3 is 2.53 bits per heavy atom. The number of thiocarbonyl (C=S) groups is 1. The second kappa shape index (κ2) is 4.83. The van der Waals surface area contributed by atoms with E-state index in [1.807, 2.05) is 13.8 Å². The molecule has 1 aromatic heterocycles. The summed E-state index contributed by atoms with van der Waals surface area (Å²) in [6.07, 6.45) is 0. The maximum Gasteiger partial charge on any atom is 0.289 e. The highest BCUT2D eigenvalue weighted by molar-refractivity contribution is 7.80. The number of hydrogen-bond acceptors (Lipinski definition) is 4. The molecule has 0 aliphatic heterocycles. The SMILES string of the molecule is Cc1nc(C)c(C(=O)NCC(C)(C)C(N)=S)o1. The number of hydrogen-bond donors (Lipinski definition) is 2. The Morgan fingerprint density at radius 1 is 1.53 bits per heavy atom. The van der Waals surface area contributed by atoms with Crippen molar-refractivity contribution >= 4 is 23.1 Å². The van der Waals surface area contributed by atoms with Crippen molar-refractivity contribution < 1.29 is 9.21 Å². The Labute approximate surface area is 106 Å². The van der Waals surface area contributed by atoms with Gasteiger partial charge >= 0.3 is 0 Å². The fourth-order valence-electron chi connectivity index (χ4n) is 1.21. The van der Waals surface area contributed by atoms with Crippen LogP contribution in [-0.2, 0) is 0 Å². The minimum absolute atomic E-state index is 0.237. The molecule has 3 N–H and O–H groups in total. The van der Waals surface area contributed by atoms with Gasteiger partial charge in [0.25, 0.3) is 5.91 Å². The first-order chi connectivity index (χ1) is 7.74. The molecule has 6 heteroatoms. The predicted octanol–water partition coefficient (Wildman–Crippen LogP) is 1.33. The second-order valence-corrected chi connectivity index (χ2v) is 5.02. The molecule has 0 aliphatic carbocycles. The Balaban J connectivity index is 2.68. The van der Waals surface area contributed by atoms with Gasteiger partial charge in [-0.15, -0.1) is 0 Å². The third-order valence-corrected chi connectivity index (χ3v) is 3.02. The normalized spacial score (nSPS) is 11.3. The summed E-state index contributed by atoms with van der Waals surface area (Å²) in [5.74, 6) is 0.412. The van der Waals surface area contributed by atoms with E-state index < -0.39 is 5.41 Å². The third kappa shape index (κ3) is 3.26. The van der Waals surface area contributed by atoms with Gasteiger partial charge in [0, 0.05) is 18.9 Å². The maximum atomic E-state index is 11.8. The van der Waals surface area contributed by atoms with Gasteiger partial charge in [0.15, 0.2) is 5.89 Å². The molecule has 1 heterocycles. The minimum atomic E-state index is -0.423. The number of carbonyl (C=O) groups excluding carboxylic acids is 1. The zero-order valence-electron chi connectivity index (χ0n) is 10.5. The number of aromatic nitrogens is 1. The monoisotopic (exact) mass is 255 g/mol. The molecule has 0 radical (unpaired) electrons. The van der Waals surface area contributed by atoms with Crippen LogP contribution >= 0.6 is 12.2 Å². The molecule has 17 heavy (non-hydrogen) atoms. The smallest absolute Gasteiger partial charge is 0.289 e. The Bertz CT molecular complexity index is 452. The van der Waals surface area contributed by atoms with Crippen LogP contribution in [0.15, 0.2) is 4.42 Å². The first-order valence-corrected chi connectivity index (χ1v) is 5.67. The van der Waals surface area contributed by atoms with Crippen LogP contribution in [0.5, 0.6) is 0 Å². The highest BCUT2D eigenvalue weighted by atomic mass is 32.1. The standard InChI is InChI=1S/C11H17N3O2S/c1-6-8(16-7(2)14-6)9(15)13-5-11(3,4)10(12)17/h5H2,1-4H3,(H2,12,17)(H,13,15). The van der Waals surface area contributed by atoms with E-state index in [-0.39, 0.29) is 11.7 Å². The van der Waals surface area contributed by atoms with Crippen molar-refractivity contribution in [3.63, 3.8) is 0 Å². The Morgan fingerprint density at radius 2 is 2.12 bits per heavy atom. The molecular formula is C11H17N3O2S. The molecule has 0 bridgehead atoms. The van der Waals surface area contributed by atoms with E-state index in [2.05, 4.69) is 10.3 Å². The number of nitrogens with one attached hydrogen (secondary N) is 1. The lowest BCUT2D eigenvalue weighted by Gasteiger charge is -2.22. The van der Waals surface area contributed by atoms with E-state index in [1.54, 1.807) is 13.8 Å². The number of carbonyl (C=O) groups is 1. The molecule has 1 rings (SSSR count). The summed E-state index contributed by atoms with van der Waals surface area (Å²) in [5.41, 5.74) is 5.73. The van der Waals surface area contributed by atoms with Gasteiger partial charge in [-0.25, -0.2) is 4.98 Å². The summed E-state index contributed by atoms with van der Waals surface area (Å²) in [7, 11) is 0. The number of nitrogens with two attached hydrogens (primary N) is 1. The van der Waals surface area contributed by atoms with Crippen LogP contribution in [0, 0.1) is 19.3 Å². The lowest BCUT2D eigenvalue weighted by Crippen LogP contribution is -2.41. The van der Waals surface area contributed by atoms with Crippen molar-refractivity contribution in [1.82, 2.24) is 10.3 Å². The topological polar surface area (TPSA) is 81.2 Å². The van der Waals surface area contributed by atoms with Crippen LogP contribution < -0.4 is 11.1 Å². The second-order valence-electron chi connectivity index (χ2n) is 4.58. The highest BCUT2D eigenvalue weighted by Gasteiger charge is 2.24. The summed E-state index contributed by atoms with van der Waals surface area (Å²) in [4.78, 5) is 16.2. The van der Waals surface area contributed by atoms with E-state index >= 15 is 0 Å².